The van der Waals surface area contributed by atoms with Gasteiger partial charge in [-0.1, -0.05) is 11.6 Å². The summed E-state index contributed by atoms with van der Waals surface area (Å²) in [5.41, 5.74) is 1.53. The highest BCUT2D eigenvalue weighted by molar-refractivity contribution is 5.83. The van der Waals surface area contributed by atoms with Gasteiger partial charge in [0.1, 0.15) is 5.78 Å². The topological polar surface area (TPSA) is 29.6 Å². The number of carbonyl (C=O) groups excluding carboxylic acids is 1. The Morgan fingerprint density at radius 2 is 2.38 bits per heavy atom. The van der Waals surface area contributed by atoms with Crippen LogP contribution in [-0.2, 0) is 9.53 Å². The predicted octanol–water partition coefficient (Wildman–Crippen LogP) is 1.70. The third-order valence-corrected chi connectivity index (χ3v) is 3.53. The molecule has 0 N–H and O–H groups in total. The van der Waals surface area contributed by atoms with Crippen LogP contribution in [0.4, 0.5) is 0 Å². The first-order chi connectivity index (χ1) is 6.33. The molecule has 0 amide bonds. The molecular formula is C11H14O2. The Morgan fingerprint density at radius 1 is 1.54 bits per heavy atom. The van der Waals surface area contributed by atoms with E-state index in [4.69, 9.17) is 4.74 Å². The van der Waals surface area contributed by atoms with E-state index in [-0.39, 0.29) is 6.10 Å². The van der Waals surface area contributed by atoms with E-state index in [0.29, 0.717) is 24.0 Å². The van der Waals surface area contributed by atoms with Gasteiger partial charge in [-0.2, -0.15) is 0 Å². The quantitative estimate of drug-likeness (QED) is 0.486. The van der Waals surface area contributed by atoms with E-state index in [0.717, 1.165) is 19.4 Å². The fraction of sp³-hybridized carbons (Fsp3) is 0.727. The number of Topliss-reactive ketones (excluding diaryl/α,β-unsaturated/α-hetero) is 1. The van der Waals surface area contributed by atoms with Gasteiger partial charge in [-0.25, -0.2) is 0 Å². The molecule has 2 heteroatoms. The number of ketones is 1. The molecule has 2 aliphatic carbocycles. The molecule has 3 aliphatic rings. The molecule has 13 heavy (non-hydrogen) atoms. The lowest BCUT2D eigenvalue weighted by Gasteiger charge is -2.16. The zero-order valence-corrected chi connectivity index (χ0v) is 7.66. The van der Waals surface area contributed by atoms with Gasteiger partial charge in [0.2, 0.25) is 0 Å². The van der Waals surface area contributed by atoms with Crippen LogP contribution in [0.25, 0.3) is 0 Å². The minimum Gasteiger partial charge on any atom is -0.373 e. The number of hydrogen-bond acceptors (Lipinski definition) is 2. The van der Waals surface area contributed by atoms with Crippen molar-refractivity contribution in [2.45, 2.75) is 31.8 Å². The van der Waals surface area contributed by atoms with Crippen molar-refractivity contribution in [3.8, 4) is 0 Å². The Hall–Kier alpha value is -0.630. The Bertz CT molecular complexity index is 276. The molecule has 2 nitrogen and oxygen atoms in total. The van der Waals surface area contributed by atoms with Crippen LogP contribution in [0.15, 0.2) is 11.6 Å². The molecule has 3 unspecified atom stereocenters. The molecule has 2 fully saturated rings. The van der Waals surface area contributed by atoms with Gasteiger partial charge in [-0.3, -0.25) is 4.79 Å². The van der Waals surface area contributed by atoms with Crippen LogP contribution in [-0.4, -0.2) is 18.5 Å². The van der Waals surface area contributed by atoms with E-state index in [9.17, 15) is 4.79 Å². The third kappa shape index (κ3) is 1.33. The van der Waals surface area contributed by atoms with E-state index in [1.54, 1.807) is 0 Å². The second-order valence-corrected chi connectivity index (χ2v) is 4.50. The summed E-state index contributed by atoms with van der Waals surface area (Å²) < 4.78 is 5.08. The molecule has 3 atom stereocenters. The lowest BCUT2D eigenvalue weighted by atomic mass is 9.86. The average molecular weight is 178 g/mol. The van der Waals surface area contributed by atoms with Crippen LogP contribution in [0.2, 0.25) is 0 Å². The van der Waals surface area contributed by atoms with Crippen molar-refractivity contribution in [1.29, 1.82) is 0 Å². The molecule has 0 aromatic rings. The molecule has 0 radical (unpaired) electrons. The first-order valence-electron chi connectivity index (χ1n) is 5.15. The van der Waals surface area contributed by atoms with Crippen molar-refractivity contribution in [3.63, 3.8) is 0 Å². The van der Waals surface area contributed by atoms with Gasteiger partial charge in [-0.05, 0) is 25.2 Å². The summed E-state index contributed by atoms with van der Waals surface area (Å²) in [5, 5.41) is 0. The molecule has 0 aromatic carbocycles. The van der Waals surface area contributed by atoms with Gasteiger partial charge in [0, 0.05) is 12.3 Å². The van der Waals surface area contributed by atoms with Gasteiger partial charge in [0.25, 0.3) is 0 Å². The molecule has 0 spiro atoms. The monoisotopic (exact) mass is 178 g/mol. The van der Waals surface area contributed by atoms with E-state index >= 15 is 0 Å². The Labute approximate surface area is 78.0 Å². The van der Waals surface area contributed by atoms with Crippen LogP contribution in [0, 0.1) is 11.8 Å². The number of hydrogen-bond donors (Lipinski definition) is 0. The van der Waals surface area contributed by atoms with E-state index < -0.39 is 0 Å². The largest absolute Gasteiger partial charge is 0.373 e. The fourth-order valence-electron chi connectivity index (χ4n) is 2.68. The Morgan fingerprint density at radius 3 is 2.92 bits per heavy atom. The first kappa shape index (κ1) is 7.74. The first-order valence-corrected chi connectivity index (χ1v) is 5.15. The fourth-order valence-corrected chi connectivity index (χ4v) is 2.68. The van der Waals surface area contributed by atoms with Crippen molar-refractivity contribution in [1.82, 2.24) is 0 Å². The molecule has 1 aliphatic heterocycles. The van der Waals surface area contributed by atoms with Crippen LogP contribution in [0.5, 0.6) is 0 Å². The molecule has 1 saturated heterocycles. The van der Waals surface area contributed by atoms with Crippen LogP contribution < -0.4 is 0 Å². The van der Waals surface area contributed by atoms with Crippen molar-refractivity contribution < 1.29 is 9.53 Å². The van der Waals surface area contributed by atoms with Gasteiger partial charge in [0.15, 0.2) is 0 Å². The minimum atomic E-state index is 0.278. The molecule has 2 bridgehead atoms. The van der Waals surface area contributed by atoms with E-state index in [1.165, 1.54) is 12.0 Å². The number of rotatable bonds is 3. The highest BCUT2D eigenvalue weighted by Gasteiger charge is 2.40. The third-order valence-electron chi connectivity index (χ3n) is 3.53. The molecule has 1 saturated carbocycles. The summed E-state index contributed by atoms with van der Waals surface area (Å²) in [5.74, 6) is 1.46. The molecule has 3 rings (SSSR count). The number of allylic oxidation sites excluding steroid dienone is 2. The maximum atomic E-state index is 11.8. The zero-order valence-electron chi connectivity index (χ0n) is 7.66. The standard InChI is InChI=1S/C11H14O2/c12-11(5-9-6-13-9)10-4-7-1-2-8(10)3-7/h1,8-10H,2-6H2. The SMILES string of the molecule is O=C(CC1CO1)C1CC2=CCC1C2. The number of epoxide rings is 1. The van der Waals surface area contributed by atoms with E-state index in [1.807, 2.05) is 0 Å². The average Bonchev–Trinajstić information content (AvgIpc) is 2.71. The summed E-state index contributed by atoms with van der Waals surface area (Å²) in [4.78, 5) is 11.8. The lowest BCUT2D eigenvalue weighted by Crippen LogP contribution is -2.20. The Balaban J connectivity index is 1.65. The van der Waals surface area contributed by atoms with E-state index in [2.05, 4.69) is 6.08 Å². The van der Waals surface area contributed by atoms with Gasteiger partial charge in [0.05, 0.1) is 12.7 Å². The molecule has 1 heterocycles. The number of ether oxygens (including phenoxy) is 1. The van der Waals surface area contributed by atoms with Crippen molar-refractivity contribution in [2.24, 2.45) is 11.8 Å². The highest BCUT2D eigenvalue weighted by Crippen LogP contribution is 2.45. The maximum Gasteiger partial charge on any atom is 0.139 e. The zero-order chi connectivity index (χ0) is 8.84. The van der Waals surface area contributed by atoms with Gasteiger partial charge >= 0.3 is 0 Å². The summed E-state index contributed by atoms with van der Waals surface area (Å²) in [6.07, 6.45) is 6.67. The minimum absolute atomic E-state index is 0.278. The number of fused-ring (bicyclic) bond motifs is 2. The van der Waals surface area contributed by atoms with Crippen LogP contribution in [0.1, 0.15) is 25.7 Å². The van der Waals surface area contributed by atoms with Crippen molar-refractivity contribution in [2.75, 3.05) is 6.61 Å². The van der Waals surface area contributed by atoms with Gasteiger partial charge in [-0.15, -0.1) is 0 Å². The maximum absolute atomic E-state index is 11.8. The van der Waals surface area contributed by atoms with Crippen molar-refractivity contribution in [3.05, 3.63) is 11.6 Å². The molecule has 70 valence electrons. The molecule has 0 aromatic heterocycles. The summed E-state index contributed by atoms with van der Waals surface area (Å²) in [7, 11) is 0. The van der Waals surface area contributed by atoms with Crippen molar-refractivity contribution >= 4 is 5.78 Å². The highest BCUT2D eigenvalue weighted by atomic mass is 16.6. The Kier molecular flexibility index (Phi) is 1.59. The predicted molar refractivity (Wildman–Crippen MR) is 48.3 cm³/mol. The van der Waals surface area contributed by atoms with Crippen LogP contribution in [0.3, 0.4) is 0 Å². The molecular weight excluding hydrogens is 164 g/mol. The summed E-state index contributed by atoms with van der Waals surface area (Å²) in [6, 6.07) is 0. The van der Waals surface area contributed by atoms with Crippen LogP contribution >= 0.6 is 0 Å². The number of carbonyl (C=O) groups is 1. The normalized spacial score (nSPS) is 40.6. The second kappa shape index (κ2) is 2.68. The smallest absolute Gasteiger partial charge is 0.139 e. The lowest BCUT2D eigenvalue weighted by molar-refractivity contribution is -0.124. The van der Waals surface area contributed by atoms with Gasteiger partial charge < -0.3 is 4.74 Å². The summed E-state index contributed by atoms with van der Waals surface area (Å²) in [6.45, 7) is 0.811. The second-order valence-electron chi connectivity index (χ2n) is 4.50. The summed E-state index contributed by atoms with van der Waals surface area (Å²) >= 11 is 0.